The average molecular weight is 455 g/mol. The molecule has 1 aromatic carbocycles. The van der Waals surface area contributed by atoms with E-state index in [1.54, 1.807) is 12.3 Å². The van der Waals surface area contributed by atoms with Gasteiger partial charge in [0.25, 0.3) is 11.2 Å². The Hall–Kier alpha value is -3.79. The maximum Gasteiger partial charge on any atom is 0.341 e. The van der Waals surface area contributed by atoms with Crippen LogP contribution in [0.4, 0.5) is 10.7 Å². The highest BCUT2D eigenvalue weighted by atomic mass is 32.1. The molecule has 32 heavy (non-hydrogen) atoms. The van der Waals surface area contributed by atoms with Crippen molar-refractivity contribution >= 4 is 33.9 Å². The number of pyridine rings is 1. The summed E-state index contributed by atoms with van der Waals surface area (Å²) in [5, 5.41) is 15.8. The lowest BCUT2D eigenvalue weighted by molar-refractivity contribution is -0.386. The van der Waals surface area contributed by atoms with Gasteiger partial charge in [0, 0.05) is 23.1 Å². The number of aromatic nitrogens is 1. The zero-order valence-corrected chi connectivity index (χ0v) is 18.5. The molecule has 2 aromatic heterocycles. The highest BCUT2D eigenvalue weighted by Gasteiger charge is 2.24. The highest BCUT2D eigenvalue weighted by molar-refractivity contribution is 7.15. The molecule has 0 atom stereocenters. The van der Waals surface area contributed by atoms with Crippen molar-refractivity contribution in [1.82, 2.24) is 4.57 Å². The predicted octanol–water partition coefficient (Wildman–Crippen LogP) is 3.92. The lowest BCUT2D eigenvalue weighted by Gasteiger charge is -2.11. The van der Waals surface area contributed by atoms with Crippen molar-refractivity contribution in [3.63, 3.8) is 0 Å². The van der Waals surface area contributed by atoms with Gasteiger partial charge in [-0.2, -0.15) is 0 Å². The van der Waals surface area contributed by atoms with Crippen LogP contribution in [0.2, 0.25) is 0 Å². The summed E-state index contributed by atoms with van der Waals surface area (Å²) in [6.45, 7) is 4.76. The van der Waals surface area contributed by atoms with E-state index >= 15 is 0 Å². The van der Waals surface area contributed by atoms with E-state index in [9.17, 15) is 24.5 Å². The van der Waals surface area contributed by atoms with Gasteiger partial charge in [0.1, 0.15) is 17.1 Å². The van der Waals surface area contributed by atoms with E-state index < -0.39 is 28.9 Å². The molecule has 0 saturated carbocycles. The molecule has 1 N–H and O–H groups in total. The normalized spacial score (nSPS) is 10.6. The number of carbonyl (C=O) groups excluding carboxylic acids is 2. The zero-order chi connectivity index (χ0) is 23.4. The summed E-state index contributed by atoms with van der Waals surface area (Å²) < 4.78 is 6.20. The van der Waals surface area contributed by atoms with E-state index in [-0.39, 0.29) is 28.6 Å². The number of amides is 1. The Bertz CT molecular complexity index is 1240. The molecule has 0 saturated heterocycles. The molecule has 0 aliphatic rings. The lowest BCUT2D eigenvalue weighted by atomic mass is 10.0. The Morgan fingerprint density at radius 3 is 2.47 bits per heavy atom. The number of carbonyl (C=O) groups is 2. The maximum atomic E-state index is 12.7. The molecule has 0 aliphatic carbocycles. The first kappa shape index (κ1) is 22.9. The second-order valence-electron chi connectivity index (χ2n) is 6.97. The summed E-state index contributed by atoms with van der Waals surface area (Å²) in [7, 11) is 0. The number of ether oxygens (including phenoxy) is 1. The van der Waals surface area contributed by atoms with Crippen molar-refractivity contribution in [2.45, 2.75) is 27.3 Å². The number of aryl methyl sites for hydroxylation is 1. The molecule has 0 unspecified atom stereocenters. The maximum absolute atomic E-state index is 12.7. The molecule has 10 heteroatoms. The van der Waals surface area contributed by atoms with Crippen LogP contribution in [-0.2, 0) is 16.1 Å². The Balaban J connectivity index is 1.94. The largest absolute Gasteiger partial charge is 0.462 e. The summed E-state index contributed by atoms with van der Waals surface area (Å²) in [6.07, 6.45) is 0. The van der Waals surface area contributed by atoms with Crippen LogP contribution < -0.4 is 10.9 Å². The van der Waals surface area contributed by atoms with Crippen LogP contribution in [0, 0.1) is 24.0 Å². The summed E-state index contributed by atoms with van der Waals surface area (Å²) in [4.78, 5) is 48.1. The van der Waals surface area contributed by atoms with Gasteiger partial charge in [0.2, 0.25) is 5.91 Å². The topological polar surface area (TPSA) is 121 Å². The first-order valence-electron chi connectivity index (χ1n) is 9.73. The summed E-state index contributed by atoms with van der Waals surface area (Å²) >= 11 is 1.16. The predicted molar refractivity (Wildman–Crippen MR) is 121 cm³/mol. The van der Waals surface area contributed by atoms with Gasteiger partial charge >= 0.3 is 5.97 Å². The number of esters is 1. The third-order valence-electron chi connectivity index (χ3n) is 4.81. The van der Waals surface area contributed by atoms with Crippen LogP contribution in [0.3, 0.4) is 0 Å². The molecule has 2 heterocycles. The monoisotopic (exact) mass is 455 g/mol. The van der Waals surface area contributed by atoms with Crippen LogP contribution in [0.1, 0.15) is 28.5 Å². The summed E-state index contributed by atoms with van der Waals surface area (Å²) in [5.41, 5.74) is 1.95. The van der Waals surface area contributed by atoms with Crippen molar-refractivity contribution in [2.75, 3.05) is 11.9 Å². The molecule has 0 fully saturated rings. The standard InChI is InChI=1S/C22H21N3O6S/c1-4-31-22(28)20-16(15-7-5-13(2)6-8-15)12-32-21(20)23-18(26)11-24-14(3)17(25(29)30)9-10-19(24)27/h5-10,12H,4,11H2,1-3H3,(H,23,26). The molecule has 3 aromatic rings. The van der Waals surface area contributed by atoms with Crippen LogP contribution in [-0.4, -0.2) is 28.0 Å². The average Bonchev–Trinajstić information content (AvgIpc) is 3.15. The van der Waals surface area contributed by atoms with Gasteiger partial charge in [0.15, 0.2) is 0 Å². The molecule has 3 rings (SSSR count). The van der Waals surface area contributed by atoms with Gasteiger partial charge in [-0.25, -0.2) is 4.79 Å². The van der Waals surface area contributed by atoms with E-state index in [1.165, 1.54) is 6.92 Å². The van der Waals surface area contributed by atoms with Gasteiger partial charge in [-0.15, -0.1) is 11.3 Å². The Morgan fingerprint density at radius 2 is 1.84 bits per heavy atom. The number of anilines is 1. The van der Waals surface area contributed by atoms with Crippen molar-refractivity contribution in [2.24, 2.45) is 0 Å². The van der Waals surface area contributed by atoms with E-state index in [4.69, 9.17) is 4.74 Å². The van der Waals surface area contributed by atoms with Crippen molar-refractivity contribution < 1.29 is 19.2 Å². The minimum absolute atomic E-state index is 0.0646. The molecule has 0 bridgehead atoms. The minimum atomic E-state index is -0.616. The minimum Gasteiger partial charge on any atom is -0.462 e. The van der Waals surface area contributed by atoms with E-state index in [2.05, 4.69) is 5.32 Å². The van der Waals surface area contributed by atoms with E-state index in [0.717, 1.165) is 39.2 Å². The smallest absolute Gasteiger partial charge is 0.341 e. The number of thiophene rings is 1. The van der Waals surface area contributed by atoms with E-state index in [1.807, 2.05) is 31.2 Å². The van der Waals surface area contributed by atoms with Gasteiger partial charge in [0.05, 0.1) is 17.2 Å². The van der Waals surface area contributed by atoms with Crippen molar-refractivity contribution in [1.29, 1.82) is 0 Å². The number of nitro groups is 1. The SMILES string of the molecule is CCOC(=O)c1c(-c2ccc(C)cc2)csc1NC(=O)Cn1c(C)c([N+](=O)[O-])ccc1=O. The molecule has 166 valence electrons. The van der Waals surface area contributed by atoms with Gasteiger partial charge < -0.3 is 10.1 Å². The van der Waals surface area contributed by atoms with Crippen molar-refractivity contribution in [3.8, 4) is 11.1 Å². The van der Waals surface area contributed by atoms with Gasteiger partial charge in [-0.1, -0.05) is 29.8 Å². The quantitative estimate of drug-likeness (QED) is 0.327. The van der Waals surface area contributed by atoms with Crippen LogP contribution in [0.15, 0.2) is 46.6 Å². The molecule has 0 radical (unpaired) electrons. The molecule has 9 nitrogen and oxygen atoms in total. The lowest BCUT2D eigenvalue weighted by Crippen LogP contribution is -2.29. The second kappa shape index (κ2) is 9.56. The Labute approximate surface area is 187 Å². The number of rotatable bonds is 7. The third-order valence-corrected chi connectivity index (χ3v) is 5.71. The molecular weight excluding hydrogens is 434 g/mol. The fraction of sp³-hybridized carbons (Fsp3) is 0.227. The zero-order valence-electron chi connectivity index (χ0n) is 17.7. The molecule has 1 amide bonds. The molecule has 0 aliphatic heterocycles. The number of benzene rings is 1. The summed E-state index contributed by atoms with van der Waals surface area (Å²) in [5.74, 6) is -1.18. The first-order valence-corrected chi connectivity index (χ1v) is 10.6. The van der Waals surface area contributed by atoms with Crippen LogP contribution in [0.5, 0.6) is 0 Å². The van der Waals surface area contributed by atoms with Gasteiger partial charge in [-0.3, -0.25) is 24.3 Å². The third kappa shape index (κ3) is 4.75. The second-order valence-corrected chi connectivity index (χ2v) is 7.85. The van der Waals surface area contributed by atoms with Crippen LogP contribution in [0.25, 0.3) is 11.1 Å². The highest BCUT2D eigenvalue weighted by Crippen LogP contribution is 2.36. The van der Waals surface area contributed by atoms with E-state index in [0.29, 0.717) is 5.56 Å². The first-order chi connectivity index (χ1) is 15.2. The fourth-order valence-corrected chi connectivity index (χ4v) is 4.14. The molecule has 0 spiro atoms. The number of nitrogens with one attached hydrogen (secondary N) is 1. The Morgan fingerprint density at radius 1 is 1.16 bits per heavy atom. The Kier molecular flexibility index (Phi) is 6.84. The summed E-state index contributed by atoms with van der Waals surface area (Å²) in [6, 6.07) is 9.73. The fourth-order valence-electron chi connectivity index (χ4n) is 3.16. The van der Waals surface area contributed by atoms with Crippen LogP contribution >= 0.6 is 11.3 Å². The molecular formula is C22H21N3O6S. The number of hydrogen-bond donors (Lipinski definition) is 1. The number of hydrogen-bond acceptors (Lipinski definition) is 7. The van der Waals surface area contributed by atoms with Crippen molar-refractivity contribution in [3.05, 3.63) is 79.1 Å². The van der Waals surface area contributed by atoms with Gasteiger partial charge in [-0.05, 0) is 26.3 Å². The number of nitrogens with zero attached hydrogens (tertiary/aromatic N) is 2.